The Labute approximate surface area is 184 Å². The molecule has 3 aromatic rings. The molecule has 0 saturated carbocycles. The van der Waals surface area contributed by atoms with Crippen LogP contribution in [0.4, 0.5) is 5.69 Å². The van der Waals surface area contributed by atoms with Gasteiger partial charge in [-0.15, -0.1) is 0 Å². The fraction of sp³-hybridized carbons (Fsp3) is 0.192. The predicted molar refractivity (Wildman–Crippen MR) is 113 cm³/mol. The molecular weight excluding hydrogens is 406 g/mol. The first-order valence-corrected chi connectivity index (χ1v) is 10.5. The molecule has 1 fully saturated rings. The maximum Gasteiger partial charge on any atom is 0.238 e. The van der Waals surface area contributed by atoms with Crippen molar-refractivity contribution < 1.29 is 24.2 Å². The molecule has 7 rings (SSSR count). The van der Waals surface area contributed by atoms with Crippen molar-refractivity contribution in [2.24, 2.45) is 11.8 Å². The Bertz CT molecular complexity index is 1170. The van der Waals surface area contributed by atoms with E-state index in [2.05, 4.69) is 24.3 Å². The minimum atomic E-state index is -1.32. The molecule has 1 aliphatic heterocycles. The summed E-state index contributed by atoms with van der Waals surface area (Å²) in [6.07, 6.45) is 0. The van der Waals surface area contributed by atoms with Gasteiger partial charge in [-0.1, -0.05) is 48.5 Å². The molecule has 1 heterocycles. The van der Waals surface area contributed by atoms with Crippen molar-refractivity contribution >= 4 is 23.5 Å². The molecule has 32 heavy (non-hydrogen) atoms. The second kappa shape index (κ2) is 6.79. The van der Waals surface area contributed by atoms with Gasteiger partial charge in [-0.2, -0.15) is 0 Å². The summed E-state index contributed by atoms with van der Waals surface area (Å²) in [5.74, 6) is -2.55. The molecule has 0 unspecified atom stereocenters. The number of imide groups is 1. The van der Waals surface area contributed by atoms with E-state index in [1.54, 1.807) is 24.3 Å². The number of hydrogen-bond donors (Lipinski definition) is 0. The summed E-state index contributed by atoms with van der Waals surface area (Å²) in [6.45, 7) is -0.565. The van der Waals surface area contributed by atoms with E-state index in [1.165, 1.54) is 4.90 Å². The number of carboxylic acid groups (broad SMARTS) is 1. The first-order chi connectivity index (χ1) is 15.6. The second-order valence-corrected chi connectivity index (χ2v) is 8.43. The Morgan fingerprint density at radius 3 is 1.59 bits per heavy atom. The third-order valence-corrected chi connectivity index (χ3v) is 6.90. The second-order valence-electron chi connectivity index (χ2n) is 8.43. The zero-order valence-electron chi connectivity index (χ0n) is 16.9. The topological polar surface area (TPSA) is 86.7 Å². The van der Waals surface area contributed by atoms with Crippen LogP contribution >= 0.6 is 0 Å². The molecule has 4 aliphatic rings. The van der Waals surface area contributed by atoms with Gasteiger partial charge in [0.15, 0.2) is 0 Å². The van der Waals surface area contributed by atoms with Crippen LogP contribution in [0.5, 0.6) is 5.75 Å². The van der Waals surface area contributed by atoms with Gasteiger partial charge in [0.05, 0.1) is 23.5 Å². The van der Waals surface area contributed by atoms with E-state index in [1.807, 2.05) is 24.3 Å². The highest BCUT2D eigenvalue weighted by Crippen LogP contribution is 2.61. The molecule has 0 radical (unpaired) electrons. The SMILES string of the molecule is O=C([O-])COc1ccc(N2C(=O)[C@@H]3C4c5ccccc5C(c5ccccc54)[C@@H]3C2=O)cc1. The van der Waals surface area contributed by atoms with Gasteiger partial charge in [0.1, 0.15) is 12.4 Å². The lowest BCUT2D eigenvalue weighted by molar-refractivity contribution is -0.307. The van der Waals surface area contributed by atoms with Crippen LogP contribution in [-0.2, 0) is 14.4 Å². The number of ether oxygens (including phenoxy) is 1. The fourth-order valence-electron chi connectivity index (χ4n) is 5.77. The molecule has 158 valence electrons. The molecule has 0 spiro atoms. The monoisotopic (exact) mass is 424 g/mol. The summed E-state index contributed by atoms with van der Waals surface area (Å²) in [7, 11) is 0. The average Bonchev–Trinajstić information content (AvgIpc) is 3.09. The minimum absolute atomic E-state index is 0.149. The molecule has 3 aliphatic carbocycles. The van der Waals surface area contributed by atoms with Crippen LogP contribution in [0.25, 0.3) is 0 Å². The number of aliphatic carboxylic acids is 1. The number of carbonyl (C=O) groups is 3. The van der Waals surface area contributed by atoms with Gasteiger partial charge < -0.3 is 14.6 Å². The molecule has 2 bridgehead atoms. The number of carboxylic acids is 1. The largest absolute Gasteiger partial charge is 0.546 e. The summed E-state index contributed by atoms with van der Waals surface area (Å²) < 4.78 is 5.11. The van der Waals surface area contributed by atoms with E-state index in [9.17, 15) is 19.5 Å². The molecule has 0 aromatic heterocycles. The molecule has 1 saturated heterocycles. The lowest BCUT2D eigenvalue weighted by Gasteiger charge is -2.45. The van der Waals surface area contributed by atoms with Gasteiger partial charge >= 0.3 is 0 Å². The Hall–Kier alpha value is -3.93. The first kappa shape index (κ1) is 18.8. The number of hydrogen-bond acceptors (Lipinski definition) is 5. The highest BCUT2D eigenvalue weighted by molar-refractivity contribution is 6.23. The zero-order chi connectivity index (χ0) is 22.0. The molecule has 3 aromatic carbocycles. The lowest BCUT2D eigenvalue weighted by Crippen LogP contribution is -2.41. The summed E-state index contributed by atoms with van der Waals surface area (Å²) in [4.78, 5) is 39.2. The van der Waals surface area contributed by atoms with Crippen molar-refractivity contribution in [2.45, 2.75) is 11.8 Å². The molecule has 0 N–H and O–H groups in total. The standard InChI is InChI=1S/C26H19NO5/c28-20(29)13-32-15-11-9-14(10-12-15)27-25(30)23-21-16-5-1-2-6-17(16)22(24(23)26(27)31)19-8-4-3-7-18(19)21/h1-12,21-24H,13H2,(H,28,29)/p-1/t21?,22?,23-,24+. The van der Waals surface area contributed by atoms with Crippen LogP contribution in [0.3, 0.4) is 0 Å². The average molecular weight is 424 g/mol. The summed E-state index contributed by atoms with van der Waals surface area (Å²) >= 11 is 0. The van der Waals surface area contributed by atoms with Gasteiger partial charge in [-0.25, -0.2) is 4.90 Å². The number of rotatable bonds is 4. The van der Waals surface area contributed by atoms with Crippen molar-refractivity contribution in [2.75, 3.05) is 11.5 Å². The Balaban J connectivity index is 1.41. The summed E-state index contributed by atoms with van der Waals surface area (Å²) in [5.41, 5.74) is 4.98. The van der Waals surface area contributed by atoms with Crippen LogP contribution in [0.2, 0.25) is 0 Å². The maximum atomic E-state index is 13.6. The first-order valence-electron chi connectivity index (χ1n) is 10.5. The third kappa shape index (κ3) is 2.49. The van der Waals surface area contributed by atoms with Crippen molar-refractivity contribution in [1.29, 1.82) is 0 Å². The molecule has 6 heteroatoms. The van der Waals surface area contributed by atoms with Crippen LogP contribution in [0.1, 0.15) is 34.1 Å². The predicted octanol–water partition coefficient (Wildman–Crippen LogP) is 2.21. The van der Waals surface area contributed by atoms with E-state index in [0.29, 0.717) is 11.4 Å². The molecule has 2 atom stereocenters. The van der Waals surface area contributed by atoms with Crippen molar-refractivity contribution in [1.82, 2.24) is 0 Å². The lowest BCUT2D eigenvalue weighted by atomic mass is 9.55. The number of amides is 2. The zero-order valence-corrected chi connectivity index (χ0v) is 16.9. The van der Waals surface area contributed by atoms with Gasteiger partial charge in [0.2, 0.25) is 11.8 Å². The van der Waals surface area contributed by atoms with Gasteiger partial charge in [-0.3, -0.25) is 9.59 Å². The number of benzene rings is 3. The van der Waals surface area contributed by atoms with Crippen LogP contribution in [-0.4, -0.2) is 24.4 Å². The maximum absolute atomic E-state index is 13.6. The van der Waals surface area contributed by atoms with Gasteiger partial charge in [0, 0.05) is 11.8 Å². The fourth-order valence-corrected chi connectivity index (χ4v) is 5.77. The van der Waals surface area contributed by atoms with E-state index in [4.69, 9.17) is 4.74 Å². The molecular formula is C26H18NO5-. The third-order valence-electron chi connectivity index (χ3n) is 6.90. The van der Waals surface area contributed by atoms with E-state index in [0.717, 1.165) is 22.3 Å². The van der Waals surface area contributed by atoms with Crippen LogP contribution in [0.15, 0.2) is 72.8 Å². The normalized spacial score (nSPS) is 24.7. The van der Waals surface area contributed by atoms with Gasteiger partial charge in [0.25, 0.3) is 0 Å². The number of anilines is 1. The highest BCUT2D eigenvalue weighted by Gasteiger charge is 2.61. The Kier molecular flexibility index (Phi) is 3.99. The highest BCUT2D eigenvalue weighted by atomic mass is 16.5. The van der Waals surface area contributed by atoms with Crippen molar-refractivity contribution in [3.63, 3.8) is 0 Å². The summed E-state index contributed by atoms with van der Waals surface area (Å²) in [5, 5.41) is 10.6. The number of carbonyl (C=O) groups excluding carboxylic acids is 3. The van der Waals surface area contributed by atoms with Gasteiger partial charge in [-0.05, 0) is 46.5 Å². The van der Waals surface area contributed by atoms with E-state index >= 15 is 0 Å². The van der Waals surface area contributed by atoms with Crippen molar-refractivity contribution in [3.8, 4) is 5.75 Å². The Morgan fingerprint density at radius 1 is 0.750 bits per heavy atom. The smallest absolute Gasteiger partial charge is 0.238 e. The Morgan fingerprint density at radius 2 is 1.19 bits per heavy atom. The quantitative estimate of drug-likeness (QED) is 0.600. The van der Waals surface area contributed by atoms with Crippen LogP contribution < -0.4 is 14.7 Å². The molecule has 6 nitrogen and oxygen atoms in total. The van der Waals surface area contributed by atoms with E-state index < -0.39 is 24.4 Å². The summed E-state index contributed by atoms with van der Waals surface area (Å²) in [6, 6.07) is 22.6. The minimum Gasteiger partial charge on any atom is -0.546 e. The van der Waals surface area contributed by atoms with Crippen molar-refractivity contribution in [3.05, 3.63) is 95.1 Å². The number of nitrogens with zero attached hydrogens (tertiary/aromatic N) is 1. The molecule has 2 amide bonds. The van der Waals surface area contributed by atoms with E-state index in [-0.39, 0.29) is 23.7 Å². The van der Waals surface area contributed by atoms with Crippen LogP contribution in [0, 0.1) is 11.8 Å².